The van der Waals surface area contributed by atoms with E-state index in [9.17, 15) is 9.90 Å². The number of hydrogen-bond donors (Lipinski definition) is 1. The average Bonchev–Trinajstić information content (AvgIpc) is 2.08. The molecule has 1 aliphatic rings. The fourth-order valence-corrected chi connectivity index (χ4v) is 1.92. The van der Waals surface area contributed by atoms with Gasteiger partial charge in [0, 0.05) is 13.1 Å². The molecule has 1 heterocycles. The number of carbonyl (C=O) groups is 1. The van der Waals surface area contributed by atoms with Crippen LogP contribution < -0.4 is 0 Å². The maximum absolute atomic E-state index is 11.6. The highest BCUT2D eigenvalue weighted by atomic mass is 16.3. The molecule has 0 radical (unpaired) electrons. The molecule has 0 bridgehead atoms. The lowest BCUT2D eigenvalue weighted by Crippen LogP contribution is -2.50. The first-order valence-electron chi connectivity index (χ1n) is 5.31. The van der Waals surface area contributed by atoms with Crippen molar-refractivity contribution in [2.24, 2.45) is 11.3 Å². The summed E-state index contributed by atoms with van der Waals surface area (Å²) in [6, 6.07) is 0. The van der Waals surface area contributed by atoms with Crippen LogP contribution in [-0.4, -0.2) is 35.1 Å². The van der Waals surface area contributed by atoms with Crippen LogP contribution >= 0.6 is 0 Å². The number of likely N-dealkylation sites (tertiary alicyclic amines) is 1. The quantitative estimate of drug-likeness (QED) is 0.690. The van der Waals surface area contributed by atoms with Gasteiger partial charge in [-0.15, -0.1) is 0 Å². The van der Waals surface area contributed by atoms with E-state index in [-0.39, 0.29) is 11.3 Å². The molecule has 82 valence electrons. The smallest absolute Gasteiger partial charge is 0.251 e. The minimum atomic E-state index is -0.862. The Morgan fingerprint density at radius 2 is 2.14 bits per heavy atom. The first kappa shape index (κ1) is 11.5. The van der Waals surface area contributed by atoms with Crippen molar-refractivity contribution in [2.75, 3.05) is 13.1 Å². The number of hydrogen-bond acceptors (Lipinski definition) is 2. The van der Waals surface area contributed by atoms with Crippen LogP contribution in [0.25, 0.3) is 0 Å². The van der Waals surface area contributed by atoms with Crippen molar-refractivity contribution in [3.05, 3.63) is 0 Å². The minimum Gasteiger partial charge on any atom is -0.384 e. The van der Waals surface area contributed by atoms with Gasteiger partial charge in [0.2, 0.25) is 0 Å². The van der Waals surface area contributed by atoms with Crippen molar-refractivity contribution in [2.45, 2.75) is 40.2 Å². The molecule has 1 fully saturated rings. The van der Waals surface area contributed by atoms with Crippen molar-refractivity contribution < 1.29 is 9.90 Å². The Hall–Kier alpha value is -0.570. The molecule has 0 aromatic carbocycles. The summed E-state index contributed by atoms with van der Waals surface area (Å²) in [5, 5.41) is 9.22. The third-order valence-electron chi connectivity index (χ3n) is 3.43. The molecular formula is C11H21NO2. The zero-order valence-electron chi connectivity index (χ0n) is 9.58. The van der Waals surface area contributed by atoms with Gasteiger partial charge in [0.1, 0.15) is 6.10 Å². The van der Waals surface area contributed by atoms with Gasteiger partial charge in [0.15, 0.2) is 0 Å². The minimum absolute atomic E-state index is 0.134. The van der Waals surface area contributed by atoms with E-state index in [2.05, 4.69) is 20.8 Å². The van der Waals surface area contributed by atoms with Crippen molar-refractivity contribution >= 4 is 5.91 Å². The molecular weight excluding hydrogens is 178 g/mol. The van der Waals surface area contributed by atoms with Gasteiger partial charge < -0.3 is 10.0 Å². The highest BCUT2D eigenvalue weighted by molar-refractivity contribution is 5.80. The van der Waals surface area contributed by atoms with Crippen LogP contribution in [0.4, 0.5) is 0 Å². The van der Waals surface area contributed by atoms with E-state index in [4.69, 9.17) is 0 Å². The molecule has 2 unspecified atom stereocenters. The lowest BCUT2D eigenvalue weighted by Gasteiger charge is -2.43. The molecule has 1 N–H and O–H groups in total. The van der Waals surface area contributed by atoms with Crippen LogP contribution in [-0.2, 0) is 4.79 Å². The van der Waals surface area contributed by atoms with Crippen LogP contribution in [0, 0.1) is 11.3 Å². The van der Waals surface area contributed by atoms with Crippen molar-refractivity contribution in [3.8, 4) is 0 Å². The van der Waals surface area contributed by atoms with Crippen LogP contribution in [0.3, 0.4) is 0 Å². The van der Waals surface area contributed by atoms with Crippen molar-refractivity contribution in [1.29, 1.82) is 0 Å². The third kappa shape index (κ3) is 2.27. The molecule has 1 saturated heterocycles. The normalized spacial score (nSPS) is 28.6. The Kier molecular flexibility index (Phi) is 3.20. The summed E-state index contributed by atoms with van der Waals surface area (Å²) in [7, 11) is 0. The number of aliphatic hydroxyl groups is 1. The summed E-state index contributed by atoms with van der Waals surface area (Å²) in [5.41, 5.74) is 0.169. The van der Waals surface area contributed by atoms with Gasteiger partial charge in [-0.1, -0.05) is 20.8 Å². The zero-order valence-corrected chi connectivity index (χ0v) is 9.58. The van der Waals surface area contributed by atoms with Gasteiger partial charge in [-0.05, 0) is 24.7 Å². The molecule has 0 saturated carbocycles. The SMILES string of the molecule is CC(O)C(=O)N1CCC(C)C(C)(C)C1. The predicted octanol–water partition coefficient (Wildman–Crippen LogP) is 1.26. The highest BCUT2D eigenvalue weighted by Gasteiger charge is 2.35. The van der Waals surface area contributed by atoms with Crippen LogP contribution in [0.15, 0.2) is 0 Å². The van der Waals surface area contributed by atoms with Gasteiger partial charge >= 0.3 is 0 Å². The molecule has 2 atom stereocenters. The third-order valence-corrected chi connectivity index (χ3v) is 3.43. The van der Waals surface area contributed by atoms with E-state index in [0.29, 0.717) is 5.92 Å². The Morgan fingerprint density at radius 3 is 2.57 bits per heavy atom. The van der Waals surface area contributed by atoms with E-state index >= 15 is 0 Å². The summed E-state index contributed by atoms with van der Waals surface area (Å²) < 4.78 is 0. The molecule has 1 rings (SSSR count). The molecule has 14 heavy (non-hydrogen) atoms. The van der Waals surface area contributed by atoms with Crippen LogP contribution in [0.1, 0.15) is 34.1 Å². The van der Waals surface area contributed by atoms with Gasteiger partial charge in [-0.2, -0.15) is 0 Å². The van der Waals surface area contributed by atoms with E-state index in [1.165, 1.54) is 6.92 Å². The number of aliphatic hydroxyl groups excluding tert-OH is 1. The summed E-state index contributed by atoms with van der Waals surface area (Å²) in [5.74, 6) is 0.505. The average molecular weight is 199 g/mol. The van der Waals surface area contributed by atoms with Crippen LogP contribution in [0.2, 0.25) is 0 Å². The Morgan fingerprint density at radius 1 is 1.57 bits per heavy atom. The highest BCUT2D eigenvalue weighted by Crippen LogP contribution is 2.34. The number of rotatable bonds is 1. The maximum Gasteiger partial charge on any atom is 0.251 e. The zero-order chi connectivity index (χ0) is 10.9. The van der Waals surface area contributed by atoms with Gasteiger partial charge in [-0.3, -0.25) is 4.79 Å². The topological polar surface area (TPSA) is 40.5 Å². The molecule has 1 amide bonds. The molecule has 0 aliphatic carbocycles. The standard InChI is InChI=1S/C11H21NO2/c1-8-5-6-12(7-11(8,3)4)10(14)9(2)13/h8-9,13H,5-7H2,1-4H3. The second-order valence-electron chi connectivity index (χ2n) is 5.11. The van der Waals surface area contributed by atoms with Gasteiger partial charge in [0.25, 0.3) is 5.91 Å². The predicted molar refractivity (Wildman–Crippen MR) is 55.8 cm³/mol. The molecule has 3 heteroatoms. The summed E-state index contributed by atoms with van der Waals surface area (Å²) in [6.07, 6.45) is 0.171. The van der Waals surface area contributed by atoms with E-state index < -0.39 is 6.10 Å². The Labute approximate surface area is 86.1 Å². The van der Waals surface area contributed by atoms with Crippen molar-refractivity contribution in [3.63, 3.8) is 0 Å². The fourth-order valence-electron chi connectivity index (χ4n) is 1.92. The molecule has 0 aromatic rings. The first-order chi connectivity index (χ1) is 6.34. The Balaban J connectivity index is 2.64. The number of amides is 1. The number of piperidine rings is 1. The van der Waals surface area contributed by atoms with E-state index in [1.54, 1.807) is 4.90 Å². The first-order valence-corrected chi connectivity index (χ1v) is 5.31. The van der Waals surface area contributed by atoms with Gasteiger partial charge in [-0.25, -0.2) is 0 Å². The number of carbonyl (C=O) groups excluding carboxylic acids is 1. The maximum atomic E-state index is 11.6. The second-order valence-corrected chi connectivity index (χ2v) is 5.11. The molecule has 1 aliphatic heterocycles. The van der Waals surface area contributed by atoms with Crippen molar-refractivity contribution in [1.82, 2.24) is 4.90 Å². The fraction of sp³-hybridized carbons (Fsp3) is 0.909. The van der Waals surface area contributed by atoms with Crippen LogP contribution in [0.5, 0.6) is 0 Å². The Bertz CT molecular complexity index is 223. The largest absolute Gasteiger partial charge is 0.384 e. The molecule has 0 spiro atoms. The summed E-state index contributed by atoms with van der Waals surface area (Å²) in [6.45, 7) is 9.67. The molecule has 0 aromatic heterocycles. The van der Waals surface area contributed by atoms with Gasteiger partial charge in [0.05, 0.1) is 0 Å². The van der Waals surface area contributed by atoms with E-state index in [1.807, 2.05) is 0 Å². The lowest BCUT2D eigenvalue weighted by atomic mass is 9.75. The summed E-state index contributed by atoms with van der Waals surface area (Å²) in [4.78, 5) is 13.4. The summed E-state index contributed by atoms with van der Waals surface area (Å²) >= 11 is 0. The molecule has 3 nitrogen and oxygen atoms in total. The monoisotopic (exact) mass is 199 g/mol. The second kappa shape index (κ2) is 3.89. The number of nitrogens with zero attached hydrogens (tertiary/aromatic N) is 1. The van der Waals surface area contributed by atoms with E-state index in [0.717, 1.165) is 19.5 Å². The lowest BCUT2D eigenvalue weighted by molar-refractivity contribution is -0.143.